The number of hydrogen-bond acceptors (Lipinski definition) is 7. The highest BCUT2D eigenvalue weighted by atomic mass is 16.6. The fraction of sp³-hybridized carbons (Fsp3) is 0.220. The molecule has 0 heterocycles. The molecule has 0 fully saturated rings. The molecule has 0 aliphatic heterocycles. The fourth-order valence-corrected chi connectivity index (χ4v) is 6.34. The van der Waals surface area contributed by atoms with E-state index in [4.69, 9.17) is 27.4 Å². The van der Waals surface area contributed by atoms with Gasteiger partial charge in [-0.1, -0.05) is 97.1 Å². The van der Waals surface area contributed by atoms with Crippen LogP contribution in [-0.4, -0.2) is 61.6 Å². The van der Waals surface area contributed by atoms with Crippen LogP contribution in [0.5, 0.6) is 0 Å². The summed E-state index contributed by atoms with van der Waals surface area (Å²) in [5, 5.41) is 13.8. The average molecular weight is 685 g/mol. The second-order valence-corrected chi connectivity index (χ2v) is 11.7. The molecule has 2 amide bonds. The maximum absolute atomic E-state index is 12.1. The Labute approximate surface area is 296 Å². The van der Waals surface area contributed by atoms with Crippen molar-refractivity contribution in [2.45, 2.75) is 36.8 Å². The van der Waals surface area contributed by atoms with Crippen molar-refractivity contribution in [3.63, 3.8) is 0 Å². The van der Waals surface area contributed by atoms with Gasteiger partial charge >= 0.3 is 24.1 Å². The number of benzene rings is 4. The lowest BCUT2D eigenvalue weighted by molar-refractivity contribution is -0.143. The van der Waals surface area contributed by atoms with E-state index < -0.39 is 36.2 Å². The first-order valence-corrected chi connectivity index (χ1v) is 16.2. The summed E-state index contributed by atoms with van der Waals surface area (Å²) in [6.07, 6.45) is 8.80. The molecule has 51 heavy (non-hydrogen) atoms. The maximum Gasteiger partial charge on any atom is 0.407 e. The number of carboxylic acids is 1. The Bertz CT molecular complexity index is 1920. The number of alkyl carbamates (subject to hydrolysis) is 2. The number of terminal acetylenes is 2. The van der Waals surface area contributed by atoms with Crippen molar-refractivity contribution >= 4 is 24.1 Å². The zero-order valence-corrected chi connectivity index (χ0v) is 27.8. The highest BCUT2D eigenvalue weighted by molar-refractivity contribution is 5.83. The lowest BCUT2D eigenvalue weighted by Gasteiger charge is -2.17. The second-order valence-electron chi connectivity index (χ2n) is 11.7. The Morgan fingerprint density at radius 3 is 1.29 bits per heavy atom. The molecule has 4 aromatic carbocycles. The number of methoxy groups -OCH3 is 1. The summed E-state index contributed by atoms with van der Waals surface area (Å²) in [5.41, 5.74) is 8.98. The van der Waals surface area contributed by atoms with Crippen LogP contribution in [0.25, 0.3) is 22.3 Å². The van der Waals surface area contributed by atoms with Crippen molar-refractivity contribution in [3.05, 3.63) is 119 Å². The number of carboxylic acid groups (broad SMARTS) is 1. The minimum atomic E-state index is -1.19. The largest absolute Gasteiger partial charge is 0.480 e. The third-order valence-electron chi connectivity index (χ3n) is 8.70. The number of carbonyl (C=O) groups is 4. The molecule has 10 heteroatoms. The van der Waals surface area contributed by atoms with Crippen molar-refractivity contribution in [3.8, 4) is 46.9 Å². The molecule has 10 nitrogen and oxygen atoms in total. The third-order valence-corrected chi connectivity index (χ3v) is 8.70. The molecule has 2 atom stereocenters. The molecule has 2 aliphatic rings. The van der Waals surface area contributed by atoms with E-state index in [1.54, 1.807) is 0 Å². The molecule has 0 spiro atoms. The van der Waals surface area contributed by atoms with Gasteiger partial charge in [0.15, 0.2) is 0 Å². The van der Waals surface area contributed by atoms with Gasteiger partial charge in [0.2, 0.25) is 0 Å². The zero-order chi connectivity index (χ0) is 36.3. The number of aliphatic carboxylic acids is 1. The number of esters is 1. The van der Waals surface area contributed by atoms with E-state index in [1.165, 1.54) is 7.11 Å². The normalized spacial score (nSPS) is 13.2. The number of amides is 2. The molecule has 258 valence electrons. The Hall–Kier alpha value is -6.52. The molecule has 6 rings (SSSR count). The number of rotatable bonds is 10. The molecule has 4 aromatic rings. The summed E-state index contributed by atoms with van der Waals surface area (Å²) >= 11 is 0. The Kier molecular flexibility index (Phi) is 11.7. The molecular formula is C41H36N2O8. The lowest BCUT2D eigenvalue weighted by Crippen LogP contribution is -2.41. The van der Waals surface area contributed by atoms with Crippen molar-refractivity contribution in [2.75, 3.05) is 20.3 Å². The maximum atomic E-state index is 12.1. The van der Waals surface area contributed by atoms with Crippen molar-refractivity contribution < 1.29 is 38.5 Å². The Morgan fingerprint density at radius 1 is 0.627 bits per heavy atom. The Balaban J connectivity index is 0.000000198. The summed E-state index contributed by atoms with van der Waals surface area (Å²) in [6.45, 7) is 0.298. The molecule has 0 aromatic heterocycles. The predicted molar refractivity (Wildman–Crippen MR) is 191 cm³/mol. The van der Waals surface area contributed by atoms with Crippen LogP contribution in [0.3, 0.4) is 0 Å². The number of nitrogens with one attached hydrogen (secondary N) is 2. The van der Waals surface area contributed by atoms with Crippen LogP contribution in [0.4, 0.5) is 9.59 Å². The van der Waals surface area contributed by atoms with Crippen molar-refractivity contribution in [2.24, 2.45) is 0 Å². The first-order chi connectivity index (χ1) is 24.8. The van der Waals surface area contributed by atoms with Crippen LogP contribution in [0.15, 0.2) is 97.1 Å². The average Bonchev–Trinajstić information content (AvgIpc) is 3.65. The van der Waals surface area contributed by atoms with Crippen molar-refractivity contribution in [1.82, 2.24) is 10.6 Å². The van der Waals surface area contributed by atoms with Gasteiger partial charge in [0.1, 0.15) is 25.3 Å². The first-order valence-electron chi connectivity index (χ1n) is 16.2. The lowest BCUT2D eigenvalue weighted by atomic mass is 9.98. The first kappa shape index (κ1) is 35.8. The van der Waals surface area contributed by atoms with Crippen molar-refractivity contribution in [1.29, 1.82) is 0 Å². The van der Waals surface area contributed by atoms with Crippen LogP contribution < -0.4 is 10.6 Å². The summed E-state index contributed by atoms with van der Waals surface area (Å²) in [5.74, 6) is 2.66. The standard InChI is InChI=1S/C21H19NO4.C20H17NO4/c1-3-8-19(20(23)25-2)22-21(24)26-13-18-16-11-6-4-9-14(16)15-10-5-7-12-17(15)18;1-2-7-18(19(22)23)21-20(24)25-12-17-15-10-5-3-8-13(15)14-9-4-6-11-16(14)17/h1,4-7,9-12,18-19H,8,13H2,2H3,(H,22,24);1,3-6,8-11,17-18H,7,12H2,(H,21,24)(H,22,23)/t19-;18-/m11/s1. The van der Waals surface area contributed by atoms with E-state index >= 15 is 0 Å². The highest BCUT2D eigenvalue weighted by Gasteiger charge is 2.31. The van der Waals surface area contributed by atoms with E-state index in [0.717, 1.165) is 44.5 Å². The zero-order valence-electron chi connectivity index (χ0n) is 27.8. The van der Waals surface area contributed by atoms with E-state index in [0.29, 0.717) is 0 Å². The molecule has 0 saturated carbocycles. The van der Waals surface area contributed by atoms with Gasteiger partial charge in [-0.25, -0.2) is 19.2 Å². The van der Waals surface area contributed by atoms with Crippen LogP contribution in [-0.2, 0) is 23.8 Å². The van der Waals surface area contributed by atoms with Gasteiger partial charge in [-0.05, 0) is 44.5 Å². The molecule has 0 bridgehead atoms. The van der Waals surface area contributed by atoms with Gasteiger partial charge in [-0.3, -0.25) is 0 Å². The number of fused-ring (bicyclic) bond motifs is 6. The van der Waals surface area contributed by atoms with Crippen LogP contribution in [0.2, 0.25) is 0 Å². The van der Waals surface area contributed by atoms with Gasteiger partial charge < -0.3 is 30.0 Å². The minimum absolute atomic E-state index is 0.0386. The highest BCUT2D eigenvalue weighted by Crippen LogP contribution is 2.45. The van der Waals surface area contributed by atoms with E-state index in [-0.39, 0.29) is 37.9 Å². The third kappa shape index (κ3) is 8.21. The van der Waals surface area contributed by atoms with Gasteiger partial charge in [-0.2, -0.15) is 0 Å². The molecule has 0 radical (unpaired) electrons. The predicted octanol–water partition coefficient (Wildman–Crippen LogP) is 6.09. The van der Waals surface area contributed by atoms with Gasteiger partial charge in [-0.15, -0.1) is 24.7 Å². The second kappa shape index (κ2) is 16.7. The van der Waals surface area contributed by atoms with E-state index in [2.05, 4.69) is 39.3 Å². The van der Waals surface area contributed by atoms with Crippen LogP contribution >= 0.6 is 0 Å². The number of hydrogen-bond donors (Lipinski definition) is 3. The smallest absolute Gasteiger partial charge is 0.407 e. The Morgan fingerprint density at radius 2 is 0.961 bits per heavy atom. The topological polar surface area (TPSA) is 140 Å². The van der Waals surface area contributed by atoms with Gasteiger partial charge in [0.05, 0.1) is 7.11 Å². The molecular weight excluding hydrogens is 648 g/mol. The SMILES string of the molecule is C#CC[C@@H](NC(=O)OCC1c2ccccc2-c2ccccc21)C(=O)O.C#CC[C@@H](NC(=O)OCC1c2ccccc2-c2ccccc21)C(=O)OC. The molecule has 0 unspecified atom stereocenters. The summed E-state index contributed by atoms with van der Waals surface area (Å²) in [7, 11) is 1.24. The fourth-order valence-electron chi connectivity index (χ4n) is 6.34. The minimum Gasteiger partial charge on any atom is -0.480 e. The summed E-state index contributed by atoms with van der Waals surface area (Å²) in [6, 6.07) is 30.0. The molecule has 2 aliphatic carbocycles. The molecule has 0 saturated heterocycles. The van der Waals surface area contributed by atoms with Crippen LogP contribution in [0, 0.1) is 24.7 Å². The summed E-state index contributed by atoms with van der Waals surface area (Å²) < 4.78 is 15.3. The molecule has 3 N–H and O–H groups in total. The van der Waals surface area contributed by atoms with Gasteiger partial charge in [0, 0.05) is 24.7 Å². The van der Waals surface area contributed by atoms with E-state index in [9.17, 15) is 19.2 Å². The number of ether oxygens (including phenoxy) is 3. The monoisotopic (exact) mass is 684 g/mol. The quantitative estimate of drug-likeness (QED) is 0.104. The van der Waals surface area contributed by atoms with E-state index in [1.807, 2.05) is 84.9 Å². The number of carbonyl (C=O) groups excluding carboxylic acids is 3. The summed E-state index contributed by atoms with van der Waals surface area (Å²) in [4.78, 5) is 46.8. The van der Waals surface area contributed by atoms with Crippen LogP contribution in [0.1, 0.15) is 46.9 Å². The van der Waals surface area contributed by atoms with Gasteiger partial charge in [0.25, 0.3) is 0 Å².